The molecule has 0 saturated heterocycles. The zero-order valence-corrected chi connectivity index (χ0v) is 16.1. The summed E-state index contributed by atoms with van der Waals surface area (Å²) in [6, 6.07) is 7.12. The summed E-state index contributed by atoms with van der Waals surface area (Å²) in [5.41, 5.74) is 1.42. The molecule has 0 unspecified atom stereocenters. The Kier molecular flexibility index (Phi) is 11.6. The zero-order chi connectivity index (χ0) is 19.0. The van der Waals surface area contributed by atoms with Crippen LogP contribution in [0.1, 0.15) is 65.2 Å². The van der Waals surface area contributed by atoms with Gasteiger partial charge in [-0.05, 0) is 62.1 Å². The predicted octanol–water partition coefficient (Wildman–Crippen LogP) is 5.84. The van der Waals surface area contributed by atoms with Crippen LogP contribution in [-0.4, -0.2) is 11.8 Å². The van der Waals surface area contributed by atoms with E-state index in [2.05, 4.69) is 24.5 Å². The van der Waals surface area contributed by atoms with Gasteiger partial charge in [0.25, 0.3) is 0 Å². The van der Waals surface area contributed by atoms with Crippen LogP contribution in [0.4, 0.5) is 11.4 Å². The van der Waals surface area contributed by atoms with Gasteiger partial charge in [-0.15, -0.1) is 0 Å². The molecule has 2 N–H and O–H groups in total. The molecule has 0 saturated carbocycles. The van der Waals surface area contributed by atoms with Crippen LogP contribution in [0, 0.1) is 0 Å². The average Bonchev–Trinajstić information content (AvgIpc) is 2.63. The van der Waals surface area contributed by atoms with Crippen molar-refractivity contribution < 1.29 is 9.59 Å². The molecule has 26 heavy (non-hydrogen) atoms. The quantitative estimate of drug-likeness (QED) is 0.365. The lowest BCUT2D eigenvalue weighted by atomic mass is 10.2. The first-order chi connectivity index (χ1) is 12.7. The molecule has 0 spiro atoms. The molecular formula is C22H32N2O2. The fourth-order valence-corrected chi connectivity index (χ4v) is 2.41. The van der Waals surface area contributed by atoms with E-state index in [0.717, 1.165) is 25.7 Å². The number of carbonyl (C=O) groups is 2. The fraction of sp³-hybridized carbons (Fsp3) is 0.455. The van der Waals surface area contributed by atoms with Crippen LogP contribution >= 0.6 is 0 Å². The third kappa shape index (κ3) is 10.5. The van der Waals surface area contributed by atoms with E-state index in [1.807, 2.05) is 12.2 Å². The van der Waals surface area contributed by atoms with Gasteiger partial charge in [0.2, 0.25) is 11.8 Å². The van der Waals surface area contributed by atoms with Crippen molar-refractivity contribution >= 4 is 23.2 Å². The highest BCUT2D eigenvalue weighted by Crippen LogP contribution is 2.14. The Bertz CT molecular complexity index is 536. The third-order valence-corrected chi connectivity index (χ3v) is 3.91. The molecule has 0 fully saturated rings. The highest BCUT2D eigenvalue weighted by atomic mass is 16.2. The van der Waals surface area contributed by atoms with Crippen LogP contribution in [0.25, 0.3) is 0 Å². The van der Waals surface area contributed by atoms with E-state index in [9.17, 15) is 9.59 Å². The maximum Gasteiger partial charge on any atom is 0.248 e. The summed E-state index contributed by atoms with van der Waals surface area (Å²) in [5.74, 6) is -0.262. The molecule has 4 heteroatoms. The number of nitrogens with one attached hydrogen (secondary N) is 2. The third-order valence-electron chi connectivity index (χ3n) is 3.91. The summed E-state index contributed by atoms with van der Waals surface area (Å²) in [5, 5.41) is 5.63. The Labute approximate surface area is 157 Å². The van der Waals surface area contributed by atoms with Crippen LogP contribution in [-0.2, 0) is 9.59 Å². The maximum absolute atomic E-state index is 11.8. The molecule has 0 aliphatic rings. The number of anilines is 2. The Morgan fingerprint density at radius 1 is 0.731 bits per heavy atom. The molecule has 0 aromatic heterocycles. The molecule has 1 rings (SSSR count). The number of benzene rings is 1. The lowest BCUT2D eigenvalue weighted by Crippen LogP contribution is -2.09. The van der Waals surface area contributed by atoms with Gasteiger partial charge in [0, 0.05) is 11.4 Å². The Morgan fingerprint density at radius 2 is 1.12 bits per heavy atom. The highest BCUT2D eigenvalue weighted by molar-refractivity contribution is 6.00. The standard InChI is InChI=1S/C22H32N2O2/c1-3-5-7-9-11-13-21(25)23-19-15-17-20(18-16-19)24-22(26)14-12-10-8-6-4-2/h11-18H,3-10H2,1-2H3,(H,23,25)(H,24,26). The number of carbonyl (C=O) groups excluding carboxylic acids is 2. The van der Waals surface area contributed by atoms with Crippen LogP contribution in [0.15, 0.2) is 48.6 Å². The topological polar surface area (TPSA) is 58.2 Å². The summed E-state index contributed by atoms with van der Waals surface area (Å²) < 4.78 is 0. The maximum atomic E-state index is 11.8. The first-order valence-corrected chi connectivity index (χ1v) is 9.70. The van der Waals surface area contributed by atoms with Crippen LogP contribution in [0.3, 0.4) is 0 Å². The summed E-state index contributed by atoms with van der Waals surface area (Å²) in [6.45, 7) is 4.32. The van der Waals surface area contributed by atoms with Crippen molar-refractivity contribution in [2.45, 2.75) is 65.2 Å². The van der Waals surface area contributed by atoms with Crippen LogP contribution in [0.5, 0.6) is 0 Å². The molecule has 0 bridgehead atoms. The van der Waals surface area contributed by atoms with Gasteiger partial charge in [-0.1, -0.05) is 51.7 Å². The minimum atomic E-state index is -0.131. The van der Waals surface area contributed by atoms with E-state index in [-0.39, 0.29) is 11.8 Å². The Balaban J connectivity index is 2.36. The SMILES string of the molecule is CCCCCC=CC(=O)Nc1ccc(NC(=O)C=CCCCCC)cc1. The van der Waals surface area contributed by atoms with Gasteiger partial charge >= 0.3 is 0 Å². The van der Waals surface area contributed by atoms with E-state index < -0.39 is 0 Å². The Hall–Kier alpha value is -2.36. The first kappa shape index (κ1) is 21.7. The molecule has 4 nitrogen and oxygen atoms in total. The zero-order valence-electron chi connectivity index (χ0n) is 16.1. The number of allylic oxidation sites excluding steroid dienone is 2. The molecule has 0 aliphatic heterocycles. The number of hydrogen-bond donors (Lipinski definition) is 2. The van der Waals surface area contributed by atoms with Crippen molar-refractivity contribution in [1.82, 2.24) is 0 Å². The number of amides is 2. The van der Waals surface area contributed by atoms with Crippen molar-refractivity contribution in [2.75, 3.05) is 10.6 Å². The van der Waals surface area contributed by atoms with E-state index in [4.69, 9.17) is 0 Å². The largest absolute Gasteiger partial charge is 0.323 e. The van der Waals surface area contributed by atoms with E-state index in [0.29, 0.717) is 11.4 Å². The molecule has 0 heterocycles. The van der Waals surface area contributed by atoms with Crippen LogP contribution in [0.2, 0.25) is 0 Å². The minimum absolute atomic E-state index is 0.131. The predicted molar refractivity (Wildman–Crippen MR) is 110 cm³/mol. The number of rotatable bonds is 12. The molecule has 0 atom stereocenters. The second kappa shape index (κ2) is 13.9. The molecule has 142 valence electrons. The summed E-state index contributed by atoms with van der Waals surface area (Å²) >= 11 is 0. The van der Waals surface area contributed by atoms with Gasteiger partial charge in [0.1, 0.15) is 0 Å². The van der Waals surface area contributed by atoms with Gasteiger partial charge in [-0.25, -0.2) is 0 Å². The van der Waals surface area contributed by atoms with Crippen LogP contribution < -0.4 is 10.6 Å². The van der Waals surface area contributed by atoms with Crippen molar-refractivity contribution in [3.8, 4) is 0 Å². The monoisotopic (exact) mass is 356 g/mol. The van der Waals surface area contributed by atoms with Crippen molar-refractivity contribution in [1.29, 1.82) is 0 Å². The van der Waals surface area contributed by atoms with Gasteiger partial charge in [0.15, 0.2) is 0 Å². The van der Waals surface area contributed by atoms with E-state index in [1.54, 1.807) is 36.4 Å². The lowest BCUT2D eigenvalue weighted by molar-refractivity contribution is -0.112. The number of unbranched alkanes of at least 4 members (excludes halogenated alkanes) is 6. The van der Waals surface area contributed by atoms with Crippen molar-refractivity contribution in [3.63, 3.8) is 0 Å². The normalized spacial score (nSPS) is 11.2. The molecular weight excluding hydrogens is 324 g/mol. The highest BCUT2D eigenvalue weighted by Gasteiger charge is 2.00. The summed E-state index contributed by atoms with van der Waals surface area (Å²) in [7, 11) is 0. The van der Waals surface area contributed by atoms with Gasteiger partial charge in [-0.3, -0.25) is 9.59 Å². The lowest BCUT2D eigenvalue weighted by Gasteiger charge is -2.05. The van der Waals surface area contributed by atoms with E-state index >= 15 is 0 Å². The second-order valence-corrected chi connectivity index (χ2v) is 6.35. The molecule has 0 radical (unpaired) electrons. The van der Waals surface area contributed by atoms with E-state index in [1.165, 1.54) is 25.7 Å². The fourth-order valence-electron chi connectivity index (χ4n) is 2.41. The van der Waals surface area contributed by atoms with Gasteiger partial charge in [-0.2, -0.15) is 0 Å². The smallest absolute Gasteiger partial charge is 0.248 e. The number of hydrogen-bond acceptors (Lipinski definition) is 2. The van der Waals surface area contributed by atoms with Crippen molar-refractivity contribution in [3.05, 3.63) is 48.6 Å². The first-order valence-electron chi connectivity index (χ1n) is 9.70. The molecule has 2 amide bonds. The average molecular weight is 357 g/mol. The van der Waals surface area contributed by atoms with Crippen molar-refractivity contribution in [2.24, 2.45) is 0 Å². The minimum Gasteiger partial charge on any atom is -0.323 e. The van der Waals surface area contributed by atoms with Gasteiger partial charge in [0.05, 0.1) is 0 Å². The van der Waals surface area contributed by atoms with Gasteiger partial charge < -0.3 is 10.6 Å². The summed E-state index contributed by atoms with van der Waals surface area (Å²) in [4.78, 5) is 23.6. The molecule has 0 aliphatic carbocycles. The molecule has 1 aromatic carbocycles. The second-order valence-electron chi connectivity index (χ2n) is 6.35. The summed E-state index contributed by atoms with van der Waals surface area (Å²) in [6.07, 6.45) is 15.8. The molecule has 1 aromatic rings. The Morgan fingerprint density at radius 3 is 1.46 bits per heavy atom.